The molecule has 1 aliphatic heterocycles. The van der Waals surface area contributed by atoms with Gasteiger partial charge >= 0.3 is 0 Å². The Morgan fingerprint density at radius 2 is 2.12 bits per heavy atom. The minimum absolute atomic E-state index is 0.00372. The average Bonchev–Trinajstić information content (AvgIpc) is 2.62. The van der Waals surface area contributed by atoms with E-state index < -0.39 is 0 Å². The smallest absolute Gasteiger partial charge is 0.225 e. The number of ether oxygens (including phenoxy) is 1. The zero-order chi connectivity index (χ0) is 17.2. The number of amides is 1. The highest BCUT2D eigenvalue weighted by Crippen LogP contribution is 2.37. The molecule has 0 fully saturated rings. The minimum Gasteiger partial charge on any atom is -0.493 e. The molecule has 1 aliphatic rings. The fourth-order valence-electron chi connectivity index (χ4n) is 3.28. The lowest BCUT2D eigenvalue weighted by Crippen LogP contribution is -2.21. The number of para-hydroxylation sites is 1. The van der Waals surface area contributed by atoms with E-state index in [2.05, 4.69) is 26.2 Å². The van der Waals surface area contributed by atoms with Crippen LogP contribution in [-0.4, -0.2) is 17.5 Å². The molecule has 5 heteroatoms. The summed E-state index contributed by atoms with van der Waals surface area (Å²) < 4.78 is 6.70. The van der Waals surface area contributed by atoms with E-state index in [-0.39, 0.29) is 11.8 Å². The number of carbonyl (C=O) groups is 1. The number of halogens is 1. The molecule has 2 heterocycles. The standard InChI is InChI=1S/C20H17BrN2O2/c21-15-6-7-18-16(12-15)14(8-10-25-18)11-19(24)23-17-5-1-3-13-4-2-9-22-20(13)17/h1-7,9,12,14H,8,10-11H2,(H,23,24). The van der Waals surface area contributed by atoms with E-state index in [1.807, 2.05) is 48.5 Å². The summed E-state index contributed by atoms with van der Waals surface area (Å²) >= 11 is 3.50. The van der Waals surface area contributed by atoms with Crippen LogP contribution in [0.2, 0.25) is 0 Å². The molecule has 126 valence electrons. The third-order valence-corrected chi connectivity index (χ3v) is 4.97. The summed E-state index contributed by atoms with van der Waals surface area (Å²) in [5.41, 5.74) is 2.66. The topological polar surface area (TPSA) is 51.2 Å². The Morgan fingerprint density at radius 1 is 1.24 bits per heavy atom. The highest BCUT2D eigenvalue weighted by atomic mass is 79.9. The summed E-state index contributed by atoms with van der Waals surface area (Å²) in [6, 6.07) is 15.7. The fourth-order valence-corrected chi connectivity index (χ4v) is 3.66. The lowest BCUT2D eigenvalue weighted by atomic mass is 9.90. The van der Waals surface area contributed by atoms with Crippen molar-refractivity contribution in [1.82, 2.24) is 4.98 Å². The van der Waals surface area contributed by atoms with E-state index in [1.54, 1.807) is 6.20 Å². The maximum atomic E-state index is 12.6. The van der Waals surface area contributed by atoms with E-state index in [4.69, 9.17) is 4.74 Å². The van der Waals surface area contributed by atoms with Gasteiger partial charge in [0.2, 0.25) is 5.91 Å². The number of fused-ring (bicyclic) bond motifs is 2. The van der Waals surface area contributed by atoms with E-state index in [0.717, 1.165) is 38.8 Å². The molecule has 25 heavy (non-hydrogen) atoms. The Labute approximate surface area is 154 Å². The molecule has 2 aromatic carbocycles. The largest absolute Gasteiger partial charge is 0.493 e. The first-order valence-corrected chi connectivity index (χ1v) is 9.06. The van der Waals surface area contributed by atoms with Crippen LogP contribution in [0.3, 0.4) is 0 Å². The third-order valence-electron chi connectivity index (χ3n) is 4.47. The predicted molar refractivity (Wildman–Crippen MR) is 102 cm³/mol. The van der Waals surface area contributed by atoms with Crippen LogP contribution in [0.25, 0.3) is 10.9 Å². The number of nitrogens with zero attached hydrogens (tertiary/aromatic N) is 1. The number of nitrogens with one attached hydrogen (secondary N) is 1. The monoisotopic (exact) mass is 396 g/mol. The summed E-state index contributed by atoms with van der Waals surface area (Å²) in [6.45, 7) is 0.641. The Morgan fingerprint density at radius 3 is 3.04 bits per heavy atom. The highest BCUT2D eigenvalue weighted by molar-refractivity contribution is 9.10. The van der Waals surface area contributed by atoms with Crippen molar-refractivity contribution < 1.29 is 9.53 Å². The van der Waals surface area contributed by atoms with Gasteiger partial charge in [-0.3, -0.25) is 9.78 Å². The molecule has 0 saturated carbocycles. The van der Waals surface area contributed by atoms with Gasteiger partial charge in [0.15, 0.2) is 0 Å². The molecule has 1 atom stereocenters. The molecule has 4 rings (SSSR count). The van der Waals surface area contributed by atoms with Gasteiger partial charge in [-0.05, 0) is 48.2 Å². The normalized spacial score (nSPS) is 16.1. The third kappa shape index (κ3) is 3.37. The van der Waals surface area contributed by atoms with Crippen LogP contribution in [-0.2, 0) is 4.79 Å². The first-order chi connectivity index (χ1) is 12.2. The van der Waals surface area contributed by atoms with Gasteiger partial charge in [0.1, 0.15) is 5.75 Å². The molecular weight excluding hydrogens is 380 g/mol. The van der Waals surface area contributed by atoms with Gasteiger partial charge < -0.3 is 10.1 Å². The number of aromatic nitrogens is 1. The van der Waals surface area contributed by atoms with Gasteiger partial charge in [-0.2, -0.15) is 0 Å². The molecular formula is C20H17BrN2O2. The maximum Gasteiger partial charge on any atom is 0.225 e. The first-order valence-electron chi connectivity index (χ1n) is 8.26. The van der Waals surface area contributed by atoms with Gasteiger partial charge in [0.25, 0.3) is 0 Å². The van der Waals surface area contributed by atoms with Crippen molar-refractivity contribution in [3.8, 4) is 5.75 Å². The molecule has 4 nitrogen and oxygen atoms in total. The van der Waals surface area contributed by atoms with Crippen molar-refractivity contribution in [3.63, 3.8) is 0 Å². The fraction of sp³-hybridized carbons (Fsp3) is 0.200. The van der Waals surface area contributed by atoms with Crippen LogP contribution >= 0.6 is 15.9 Å². The lowest BCUT2D eigenvalue weighted by molar-refractivity contribution is -0.116. The second kappa shape index (κ2) is 6.84. The molecule has 0 saturated heterocycles. The van der Waals surface area contributed by atoms with Crippen molar-refractivity contribution >= 4 is 38.4 Å². The molecule has 1 unspecified atom stereocenters. The Bertz CT molecular complexity index is 937. The average molecular weight is 397 g/mol. The van der Waals surface area contributed by atoms with Gasteiger partial charge in [0, 0.05) is 22.5 Å². The molecule has 0 bridgehead atoms. The summed E-state index contributed by atoms with van der Waals surface area (Å²) in [7, 11) is 0. The molecule has 1 amide bonds. The Kier molecular flexibility index (Phi) is 4.40. The molecule has 0 radical (unpaired) electrons. The van der Waals surface area contributed by atoms with Crippen molar-refractivity contribution in [3.05, 3.63) is 64.8 Å². The molecule has 1 aromatic heterocycles. The van der Waals surface area contributed by atoms with E-state index in [1.165, 1.54) is 0 Å². The number of anilines is 1. The molecule has 1 N–H and O–H groups in total. The van der Waals surface area contributed by atoms with Gasteiger partial charge in [-0.1, -0.05) is 34.1 Å². The van der Waals surface area contributed by atoms with E-state index in [9.17, 15) is 4.79 Å². The zero-order valence-corrected chi connectivity index (χ0v) is 15.1. The summed E-state index contributed by atoms with van der Waals surface area (Å²) in [5, 5.41) is 4.04. The van der Waals surface area contributed by atoms with Gasteiger partial charge in [0.05, 0.1) is 17.8 Å². The summed E-state index contributed by atoms with van der Waals surface area (Å²) in [5.74, 6) is 1.03. The van der Waals surface area contributed by atoms with E-state index >= 15 is 0 Å². The Hall–Kier alpha value is -2.40. The second-order valence-corrected chi connectivity index (χ2v) is 7.06. The van der Waals surface area contributed by atoms with Crippen molar-refractivity contribution in [1.29, 1.82) is 0 Å². The van der Waals surface area contributed by atoms with Crippen LogP contribution in [0.1, 0.15) is 24.3 Å². The Balaban J connectivity index is 1.54. The maximum absolute atomic E-state index is 12.6. The SMILES string of the molecule is O=C(CC1CCOc2ccc(Br)cc21)Nc1cccc2cccnc12. The lowest BCUT2D eigenvalue weighted by Gasteiger charge is -2.25. The van der Waals surface area contributed by atoms with Crippen LogP contribution in [0, 0.1) is 0 Å². The van der Waals surface area contributed by atoms with Gasteiger partial charge in [-0.15, -0.1) is 0 Å². The predicted octanol–water partition coefficient (Wildman–Crippen LogP) is 4.89. The quantitative estimate of drug-likeness (QED) is 0.685. The number of hydrogen-bond acceptors (Lipinski definition) is 3. The first kappa shape index (κ1) is 16.1. The van der Waals surface area contributed by atoms with Crippen LogP contribution in [0.4, 0.5) is 5.69 Å². The number of hydrogen-bond donors (Lipinski definition) is 1. The number of rotatable bonds is 3. The number of benzene rings is 2. The van der Waals surface area contributed by atoms with Crippen molar-refractivity contribution in [2.75, 3.05) is 11.9 Å². The molecule has 0 spiro atoms. The molecule has 0 aliphatic carbocycles. The van der Waals surface area contributed by atoms with Crippen LogP contribution < -0.4 is 10.1 Å². The van der Waals surface area contributed by atoms with Gasteiger partial charge in [-0.25, -0.2) is 0 Å². The molecule has 3 aromatic rings. The second-order valence-electron chi connectivity index (χ2n) is 6.15. The van der Waals surface area contributed by atoms with Crippen molar-refractivity contribution in [2.45, 2.75) is 18.8 Å². The minimum atomic E-state index is -0.00372. The summed E-state index contributed by atoms with van der Waals surface area (Å²) in [6.07, 6.45) is 3.00. The number of pyridine rings is 1. The zero-order valence-electron chi connectivity index (χ0n) is 13.5. The highest BCUT2D eigenvalue weighted by Gasteiger charge is 2.24. The van der Waals surface area contributed by atoms with Crippen LogP contribution in [0.15, 0.2) is 59.2 Å². The summed E-state index contributed by atoms with van der Waals surface area (Å²) in [4.78, 5) is 17.0. The number of carbonyl (C=O) groups excluding carboxylic acids is 1. The van der Waals surface area contributed by atoms with Crippen LogP contribution in [0.5, 0.6) is 5.75 Å². The van der Waals surface area contributed by atoms with E-state index in [0.29, 0.717) is 13.0 Å². The van der Waals surface area contributed by atoms with Crippen molar-refractivity contribution in [2.24, 2.45) is 0 Å².